The fourth-order valence-corrected chi connectivity index (χ4v) is 12.7. The average Bonchev–Trinajstić information content (AvgIpc) is 3.85. The Morgan fingerprint density at radius 3 is 2.17 bits per heavy atom. The minimum Gasteiger partial charge on any atom is -0.460 e. The van der Waals surface area contributed by atoms with Gasteiger partial charge >= 0.3 is 0 Å². The molecule has 0 saturated carbocycles. The Morgan fingerprint density at radius 1 is 0.600 bits per heavy atom. The largest absolute Gasteiger partial charge is 0.460 e. The molecule has 1 aromatic heterocycles. The second-order valence-corrected chi connectivity index (χ2v) is 18.9. The lowest BCUT2D eigenvalue weighted by atomic mass is 9.52. The molecule has 0 amide bonds. The van der Waals surface area contributed by atoms with Gasteiger partial charge in [-0.05, 0) is 118 Å². The Labute approximate surface area is 350 Å². The molecule has 4 atom stereocenters. The summed E-state index contributed by atoms with van der Waals surface area (Å²) < 4.78 is 14.5. The van der Waals surface area contributed by atoms with Crippen LogP contribution in [0.25, 0.3) is 55.0 Å². The second kappa shape index (κ2) is 11.2. The van der Waals surface area contributed by atoms with Crippen LogP contribution < -0.4 is 9.64 Å². The van der Waals surface area contributed by atoms with Crippen molar-refractivity contribution in [3.8, 4) is 28.0 Å². The first-order valence-corrected chi connectivity index (χ1v) is 21.5. The summed E-state index contributed by atoms with van der Waals surface area (Å²) in [5.74, 6) is 2.07. The molecule has 7 aromatic carbocycles. The summed E-state index contributed by atoms with van der Waals surface area (Å²) >= 11 is 0. The zero-order valence-electron chi connectivity index (χ0n) is 34.9. The Hall–Kier alpha value is -6.58. The highest BCUT2D eigenvalue weighted by Crippen LogP contribution is 2.68. The molecule has 2 aliphatic heterocycles. The molecule has 0 bridgehead atoms. The summed E-state index contributed by atoms with van der Waals surface area (Å²) in [6.07, 6.45) is 7.44. The smallest absolute Gasteiger partial charge is 0.140 e. The van der Waals surface area contributed by atoms with Crippen LogP contribution in [0.3, 0.4) is 0 Å². The topological polar surface area (TPSA) is 25.6 Å². The molecule has 4 unspecified atom stereocenters. The standard InChI is InChI=1S/C57H45NO2/c1-33-28-29-55(4)42-23-12-13-24-45(42)58(35-26-27-38-37-19-9-11-22-41(37)54(2,3)43(38)30-35)56(5)32-48-57(6,51(33)53(55)56)44-31-47-49(40-20-10-14-25-46(40)59-47)50(52(44)60-48)39-21-15-17-34-16-7-8-18-36(34)39/h7-33H,1-6H3. The molecule has 0 spiro atoms. The van der Waals surface area contributed by atoms with E-state index in [1.807, 2.05) is 0 Å². The molecule has 0 fully saturated rings. The predicted molar refractivity (Wildman–Crippen MR) is 246 cm³/mol. The van der Waals surface area contributed by atoms with Crippen LogP contribution in [0.5, 0.6) is 5.75 Å². The van der Waals surface area contributed by atoms with Crippen LogP contribution in [0.15, 0.2) is 179 Å². The van der Waals surface area contributed by atoms with Gasteiger partial charge in [0.1, 0.15) is 22.7 Å². The van der Waals surface area contributed by atoms with Gasteiger partial charge in [-0.15, -0.1) is 0 Å². The van der Waals surface area contributed by atoms with Crippen LogP contribution in [-0.4, -0.2) is 5.54 Å². The number of nitrogens with zero attached hydrogens (tertiary/aromatic N) is 1. The number of para-hydroxylation sites is 2. The molecule has 13 rings (SSSR count). The van der Waals surface area contributed by atoms with Crippen molar-refractivity contribution in [2.75, 3.05) is 4.90 Å². The molecule has 8 aromatic rings. The molecule has 5 aliphatic rings. The molecule has 3 heterocycles. The number of anilines is 2. The van der Waals surface area contributed by atoms with Crippen LogP contribution in [0.2, 0.25) is 0 Å². The number of hydrogen-bond acceptors (Lipinski definition) is 3. The lowest BCUT2D eigenvalue weighted by molar-refractivity contribution is 0.349. The third kappa shape index (κ3) is 3.97. The average molecular weight is 776 g/mol. The molecule has 0 N–H and O–H groups in total. The molecule has 60 heavy (non-hydrogen) atoms. The van der Waals surface area contributed by atoms with Crippen LogP contribution in [-0.2, 0) is 16.2 Å². The quantitative estimate of drug-likeness (QED) is 0.164. The lowest BCUT2D eigenvalue weighted by Crippen LogP contribution is -2.58. The van der Waals surface area contributed by atoms with Gasteiger partial charge < -0.3 is 14.1 Å². The number of ether oxygens (including phenoxy) is 1. The SMILES string of the molecule is CC1C=CC2(C)C3=C1C1(C)C(=CC3(C)N(c3ccc4c(c3)C(C)(C)c3ccccc3-4)c3ccccc32)Oc2c1cc1oc3ccccc3c1c2-c1cccc2ccccc12. The van der Waals surface area contributed by atoms with Gasteiger partial charge in [-0.25, -0.2) is 0 Å². The summed E-state index contributed by atoms with van der Waals surface area (Å²) in [6.45, 7) is 14.5. The summed E-state index contributed by atoms with van der Waals surface area (Å²) in [5, 5.41) is 4.60. The fourth-order valence-electron chi connectivity index (χ4n) is 12.7. The monoisotopic (exact) mass is 775 g/mol. The molecule has 0 radical (unpaired) electrons. The second-order valence-electron chi connectivity index (χ2n) is 18.9. The number of furan rings is 1. The fraction of sp³-hybridized carbons (Fsp3) is 0.193. The Kier molecular flexibility index (Phi) is 6.38. The van der Waals surface area contributed by atoms with Gasteiger partial charge in [0, 0.05) is 44.1 Å². The zero-order chi connectivity index (χ0) is 40.5. The minimum absolute atomic E-state index is 0.127. The third-order valence-corrected chi connectivity index (χ3v) is 15.3. The highest BCUT2D eigenvalue weighted by Gasteiger charge is 2.61. The molecule has 3 heteroatoms. The predicted octanol–water partition coefficient (Wildman–Crippen LogP) is 14.6. The maximum atomic E-state index is 7.62. The summed E-state index contributed by atoms with van der Waals surface area (Å²) in [7, 11) is 0. The van der Waals surface area contributed by atoms with Crippen LogP contribution >= 0.6 is 0 Å². The number of benzene rings is 7. The Bertz CT molecular complexity index is 3350. The molecular weight excluding hydrogens is 731 g/mol. The van der Waals surface area contributed by atoms with E-state index in [9.17, 15) is 0 Å². The van der Waals surface area contributed by atoms with Crippen molar-refractivity contribution in [1.82, 2.24) is 0 Å². The van der Waals surface area contributed by atoms with E-state index >= 15 is 0 Å². The number of allylic oxidation sites excluding steroid dienone is 3. The van der Waals surface area contributed by atoms with Crippen molar-refractivity contribution < 1.29 is 9.15 Å². The maximum absolute atomic E-state index is 7.62. The molecule has 0 saturated heterocycles. The van der Waals surface area contributed by atoms with Gasteiger partial charge in [0.05, 0.1) is 11.0 Å². The van der Waals surface area contributed by atoms with Crippen molar-refractivity contribution in [3.63, 3.8) is 0 Å². The normalized spacial score (nSPS) is 25.1. The van der Waals surface area contributed by atoms with Gasteiger partial charge in [-0.3, -0.25) is 0 Å². The first kappa shape index (κ1) is 34.3. The summed E-state index contributed by atoms with van der Waals surface area (Å²) in [5.41, 5.74) is 15.6. The van der Waals surface area contributed by atoms with Crippen molar-refractivity contribution in [2.24, 2.45) is 5.92 Å². The van der Waals surface area contributed by atoms with Crippen LogP contribution in [0.4, 0.5) is 11.4 Å². The van der Waals surface area contributed by atoms with Crippen LogP contribution in [0.1, 0.15) is 63.8 Å². The number of rotatable bonds is 2. The first-order chi connectivity index (χ1) is 29.0. The van der Waals surface area contributed by atoms with E-state index < -0.39 is 11.0 Å². The summed E-state index contributed by atoms with van der Waals surface area (Å²) in [6, 6.07) is 51.4. The van der Waals surface area contributed by atoms with Gasteiger partial charge in [-0.1, -0.05) is 142 Å². The lowest BCUT2D eigenvalue weighted by Gasteiger charge is -2.59. The third-order valence-electron chi connectivity index (χ3n) is 15.3. The highest BCUT2D eigenvalue weighted by molar-refractivity contribution is 6.18. The van der Waals surface area contributed by atoms with Crippen molar-refractivity contribution in [1.29, 1.82) is 0 Å². The van der Waals surface area contributed by atoms with Crippen molar-refractivity contribution in [2.45, 2.75) is 63.3 Å². The summed E-state index contributed by atoms with van der Waals surface area (Å²) in [4.78, 5) is 2.63. The van der Waals surface area contributed by atoms with E-state index in [1.165, 1.54) is 66.7 Å². The van der Waals surface area contributed by atoms with Crippen molar-refractivity contribution in [3.05, 3.63) is 197 Å². The van der Waals surface area contributed by atoms with E-state index in [0.717, 1.165) is 44.6 Å². The molecular formula is C57H45NO2. The zero-order valence-corrected chi connectivity index (χ0v) is 34.9. The van der Waals surface area contributed by atoms with E-state index in [-0.39, 0.29) is 16.7 Å². The first-order valence-electron chi connectivity index (χ1n) is 21.5. The van der Waals surface area contributed by atoms with E-state index in [2.05, 4.69) is 204 Å². The maximum Gasteiger partial charge on any atom is 0.140 e. The van der Waals surface area contributed by atoms with E-state index in [1.54, 1.807) is 0 Å². The van der Waals surface area contributed by atoms with Gasteiger partial charge in [-0.2, -0.15) is 0 Å². The highest BCUT2D eigenvalue weighted by atomic mass is 16.5. The van der Waals surface area contributed by atoms with E-state index in [0.29, 0.717) is 0 Å². The Balaban J connectivity index is 1.12. The minimum atomic E-state index is -0.566. The van der Waals surface area contributed by atoms with E-state index in [4.69, 9.17) is 9.15 Å². The molecule has 290 valence electrons. The number of hydrogen-bond donors (Lipinski definition) is 0. The Morgan fingerprint density at radius 2 is 1.30 bits per heavy atom. The number of fused-ring (bicyclic) bond motifs is 13. The van der Waals surface area contributed by atoms with Crippen LogP contribution in [0, 0.1) is 5.92 Å². The molecule has 3 nitrogen and oxygen atoms in total. The molecule has 3 aliphatic carbocycles. The van der Waals surface area contributed by atoms with Crippen molar-refractivity contribution >= 4 is 44.1 Å². The van der Waals surface area contributed by atoms with Gasteiger partial charge in [0.25, 0.3) is 0 Å². The van der Waals surface area contributed by atoms with Gasteiger partial charge in [0.2, 0.25) is 0 Å². The van der Waals surface area contributed by atoms with Gasteiger partial charge in [0.15, 0.2) is 0 Å².